The van der Waals surface area contributed by atoms with Crippen LogP contribution in [0.1, 0.15) is 64.8 Å². The molecule has 0 saturated carbocycles. The highest BCUT2D eigenvalue weighted by Gasteiger charge is 2.42. The Labute approximate surface area is 239 Å². The second kappa shape index (κ2) is 10.6. The molecule has 1 aliphatic rings. The summed E-state index contributed by atoms with van der Waals surface area (Å²) in [6.45, 7) is 20.9. The number of aromatic nitrogens is 4. The first-order chi connectivity index (χ1) is 18.5. The summed E-state index contributed by atoms with van der Waals surface area (Å²) in [6.07, 6.45) is 2.30. The lowest BCUT2D eigenvalue weighted by Gasteiger charge is -2.39. The molecule has 0 amide bonds. The zero-order chi connectivity index (χ0) is 29.5. The third kappa shape index (κ3) is 6.38. The predicted molar refractivity (Wildman–Crippen MR) is 162 cm³/mol. The first-order valence-corrected chi connectivity index (χ1v) is 16.8. The summed E-state index contributed by atoms with van der Waals surface area (Å²) < 4.78 is 8.51. The summed E-state index contributed by atoms with van der Waals surface area (Å²) in [7, 11) is -1.94. The van der Waals surface area contributed by atoms with Gasteiger partial charge in [0.1, 0.15) is 6.07 Å². The van der Waals surface area contributed by atoms with Gasteiger partial charge in [0.15, 0.2) is 14.1 Å². The standard InChI is InChI=1S/C30H43N7O2Si/c1-20-14-25(36-37(20)13-11-29(5,6)38)35-27-32-12-10-24(34-27)21-15-22(17-31)26-23(16-21)30(7,18-33-26)19-39-40(8,9)28(2,3)4/h10,12,14-16,33,38H,11,13,18-19H2,1-9H3,(H,32,34,35,36)/t30-/m1/s1. The number of fused-ring (bicyclic) bond motifs is 1. The van der Waals surface area contributed by atoms with Gasteiger partial charge in [0.2, 0.25) is 5.95 Å². The van der Waals surface area contributed by atoms with Crippen LogP contribution in [0.3, 0.4) is 0 Å². The summed E-state index contributed by atoms with van der Waals surface area (Å²) in [5, 5.41) is 31.5. The van der Waals surface area contributed by atoms with Crippen LogP contribution in [0.25, 0.3) is 11.3 Å². The fraction of sp³-hybridized carbons (Fsp3) is 0.533. The van der Waals surface area contributed by atoms with Crippen LogP contribution in [0.15, 0.2) is 30.5 Å². The van der Waals surface area contributed by atoms with Crippen LogP contribution < -0.4 is 10.6 Å². The van der Waals surface area contributed by atoms with Gasteiger partial charge in [-0.1, -0.05) is 27.7 Å². The van der Waals surface area contributed by atoms with E-state index in [2.05, 4.69) is 73.6 Å². The Morgan fingerprint density at radius 1 is 1.23 bits per heavy atom. The van der Waals surface area contributed by atoms with Gasteiger partial charge in [-0.3, -0.25) is 4.68 Å². The van der Waals surface area contributed by atoms with Crippen molar-refractivity contribution >= 4 is 25.8 Å². The average molecular weight is 562 g/mol. The Balaban J connectivity index is 1.60. The third-order valence-electron chi connectivity index (χ3n) is 8.23. The van der Waals surface area contributed by atoms with Gasteiger partial charge in [-0.2, -0.15) is 10.4 Å². The van der Waals surface area contributed by atoms with Crippen LogP contribution in [0.4, 0.5) is 17.5 Å². The van der Waals surface area contributed by atoms with Gasteiger partial charge in [0.25, 0.3) is 0 Å². The van der Waals surface area contributed by atoms with Crippen molar-refractivity contribution in [3.63, 3.8) is 0 Å². The molecule has 0 unspecified atom stereocenters. The Bertz CT molecular complexity index is 1430. The fourth-order valence-electron chi connectivity index (χ4n) is 4.48. The van der Waals surface area contributed by atoms with E-state index in [9.17, 15) is 10.4 Å². The molecule has 1 atom stereocenters. The van der Waals surface area contributed by atoms with Crippen LogP contribution in [-0.4, -0.2) is 51.9 Å². The maximum atomic E-state index is 10.1. The lowest BCUT2D eigenvalue weighted by atomic mass is 9.83. The molecule has 214 valence electrons. The van der Waals surface area contributed by atoms with Crippen LogP contribution in [0.5, 0.6) is 0 Å². The van der Waals surface area contributed by atoms with E-state index >= 15 is 0 Å². The summed E-state index contributed by atoms with van der Waals surface area (Å²) in [5.41, 5.74) is 4.08. The Morgan fingerprint density at radius 3 is 2.60 bits per heavy atom. The summed E-state index contributed by atoms with van der Waals surface area (Å²) >= 11 is 0. The van der Waals surface area contributed by atoms with Crippen molar-refractivity contribution in [2.45, 2.75) is 90.6 Å². The van der Waals surface area contributed by atoms with E-state index < -0.39 is 13.9 Å². The maximum absolute atomic E-state index is 10.1. The molecule has 40 heavy (non-hydrogen) atoms. The molecule has 0 radical (unpaired) electrons. The zero-order valence-electron chi connectivity index (χ0n) is 25.3. The van der Waals surface area contributed by atoms with Gasteiger partial charge >= 0.3 is 0 Å². The van der Waals surface area contributed by atoms with Crippen LogP contribution >= 0.6 is 0 Å². The molecule has 1 aromatic carbocycles. The fourth-order valence-corrected chi connectivity index (χ4v) is 5.59. The van der Waals surface area contributed by atoms with E-state index in [0.717, 1.165) is 28.2 Å². The summed E-state index contributed by atoms with van der Waals surface area (Å²) in [4.78, 5) is 9.17. The molecule has 3 aromatic rings. The minimum atomic E-state index is -1.94. The zero-order valence-corrected chi connectivity index (χ0v) is 26.3. The maximum Gasteiger partial charge on any atom is 0.228 e. The lowest BCUT2D eigenvalue weighted by Crippen LogP contribution is -2.45. The van der Waals surface area contributed by atoms with Crippen LogP contribution in [0.2, 0.25) is 18.1 Å². The van der Waals surface area contributed by atoms with Crippen molar-refractivity contribution in [2.24, 2.45) is 0 Å². The molecule has 0 fully saturated rings. The second-order valence-corrected chi connectivity index (χ2v) is 18.2. The van der Waals surface area contributed by atoms with Crippen molar-refractivity contribution in [1.29, 1.82) is 5.26 Å². The smallest absolute Gasteiger partial charge is 0.228 e. The topological polar surface area (TPSA) is 121 Å². The summed E-state index contributed by atoms with van der Waals surface area (Å²) in [6, 6.07) is 10.2. The first kappa shape index (κ1) is 29.7. The van der Waals surface area contributed by atoms with Gasteiger partial charge in [-0.15, -0.1) is 0 Å². The Hall–Kier alpha value is -3.26. The second-order valence-electron chi connectivity index (χ2n) is 13.4. The Morgan fingerprint density at radius 2 is 1.95 bits per heavy atom. The van der Waals surface area contributed by atoms with Crippen LogP contribution in [0, 0.1) is 18.3 Å². The van der Waals surface area contributed by atoms with E-state index in [0.29, 0.717) is 43.4 Å². The van der Waals surface area contributed by atoms with Crippen molar-refractivity contribution in [1.82, 2.24) is 19.7 Å². The number of hydrogen-bond acceptors (Lipinski definition) is 8. The van der Waals surface area contributed by atoms with Crippen molar-refractivity contribution < 1.29 is 9.53 Å². The van der Waals surface area contributed by atoms with E-state index in [-0.39, 0.29) is 10.5 Å². The highest BCUT2D eigenvalue weighted by Crippen LogP contribution is 2.44. The Kier molecular flexibility index (Phi) is 7.89. The molecule has 0 bridgehead atoms. The van der Waals surface area contributed by atoms with Crippen molar-refractivity contribution in [3.8, 4) is 17.3 Å². The molecule has 0 spiro atoms. The first-order valence-electron chi connectivity index (χ1n) is 13.9. The number of anilines is 3. The highest BCUT2D eigenvalue weighted by atomic mass is 28.4. The number of aliphatic hydroxyl groups is 1. The van der Waals surface area contributed by atoms with Gasteiger partial charge in [0, 0.05) is 48.6 Å². The minimum Gasteiger partial charge on any atom is -0.416 e. The van der Waals surface area contributed by atoms with Gasteiger partial charge in [0.05, 0.1) is 22.5 Å². The molecule has 2 aromatic heterocycles. The molecule has 0 saturated heterocycles. The summed E-state index contributed by atoms with van der Waals surface area (Å²) in [5.74, 6) is 1.06. The highest BCUT2D eigenvalue weighted by molar-refractivity contribution is 6.74. The van der Waals surface area contributed by atoms with Gasteiger partial charge in [-0.05, 0) is 69.1 Å². The average Bonchev–Trinajstić information content (AvgIpc) is 3.39. The molecule has 3 heterocycles. The normalized spacial score (nSPS) is 17.3. The third-order valence-corrected chi connectivity index (χ3v) is 12.7. The quantitative estimate of drug-likeness (QED) is 0.267. The molecule has 3 N–H and O–H groups in total. The monoisotopic (exact) mass is 561 g/mol. The number of nitriles is 1. The number of nitrogens with one attached hydrogen (secondary N) is 2. The van der Waals surface area contributed by atoms with E-state index in [1.807, 2.05) is 29.8 Å². The van der Waals surface area contributed by atoms with Crippen molar-refractivity contribution in [3.05, 3.63) is 47.3 Å². The molecular formula is C30H43N7O2Si. The SMILES string of the molecule is Cc1cc(Nc2nccc(-c3cc(C#N)c4c(c3)[C@@](C)(CO[Si](C)(C)C(C)(C)C)CN4)n2)nn1CCC(C)(C)O. The lowest BCUT2D eigenvalue weighted by molar-refractivity contribution is 0.0649. The van der Waals surface area contributed by atoms with Gasteiger partial charge in [-0.25, -0.2) is 9.97 Å². The molecule has 9 nitrogen and oxygen atoms in total. The minimum absolute atomic E-state index is 0.117. The predicted octanol–water partition coefficient (Wildman–Crippen LogP) is 6.13. The van der Waals surface area contributed by atoms with Crippen molar-refractivity contribution in [2.75, 3.05) is 23.8 Å². The number of aryl methyl sites for hydroxylation is 2. The van der Waals surface area contributed by atoms with Crippen LogP contribution in [-0.2, 0) is 16.4 Å². The van der Waals surface area contributed by atoms with E-state index in [4.69, 9.17) is 9.41 Å². The van der Waals surface area contributed by atoms with Gasteiger partial charge < -0.3 is 20.2 Å². The molecular weight excluding hydrogens is 518 g/mol. The number of rotatable bonds is 9. The molecule has 0 aliphatic carbocycles. The van der Waals surface area contributed by atoms with E-state index in [1.165, 1.54) is 0 Å². The number of benzene rings is 1. The molecule has 1 aliphatic heterocycles. The van der Waals surface area contributed by atoms with E-state index in [1.54, 1.807) is 20.0 Å². The largest absolute Gasteiger partial charge is 0.416 e. The number of hydrogen-bond donors (Lipinski definition) is 3. The molecule has 4 rings (SSSR count). The molecule has 10 heteroatoms. The number of nitrogens with zero attached hydrogens (tertiary/aromatic N) is 5.